The fraction of sp³-hybridized carbons (Fsp3) is 0.278. The van der Waals surface area contributed by atoms with Crippen molar-refractivity contribution in [3.8, 4) is 5.75 Å². The maximum atomic E-state index is 11.8. The van der Waals surface area contributed by atoms with Crippen LogP contribution in [0.15, 0.2) is 54.6 Å². The van der Waals surface area contributed by atoms with Crippen LogP contribution in [0, 0.1) is 0 Å². The normalized spacial score (nSPS) is 19.7. The first kappa shape index (κ1) is 14.4. The van der Waals surface area contributed by atoms with Crippen LogP contribution in [0.3, 0.4) is 0 Å². The molecule has 3 rings (SSSR count). The summed E-state index contributed by atoms with van der Waals surface area (Å²) in [6.45, 7) is 2.16. The van der Waals surface area contributed by atoms with Crippen molar-refractivity contribution < 1.29 is 14.3 Å². The molecule has 1 aliphatic heterocycles. The zero-order valence-electron chi connectivity index (χ0n) is 12.5. The third kappa shape index (κ3) is 3.06. The summed E-state index contributed by atoms with van der Waals surface area (Å²) in [5.41, 5.74) is 2.09. The molecule has 1 heterocycles. The number of nitrogens with one attached hydrogen (secondary N) is 1. The van der Waals surface area contributed by atoms with Crippen molar-refractivity contribution in [1.82, 2.24) is 5.32 Å². The number of benzene rings is 2. The van der Waals surface area contributed by atoms with E-state index in [4.69, 9.17) is 9.47 Å². The molecule has 0 spiro atoms. The average molecular weight is 297 g/mol. The molecule has 0 aliphatic carbocycles. The highest BCUT2D eigenvalue weighted by Crippen LogP contribution is 2.40. The molecule has 114 valence electrons. The Balaban J connectivity index is 1.86. The van der Waals surface area contributed by atoms with Gasteiger partial charge in [0.25, 0.3) is 0 Å². The summed E-state index contributed by atoms with van der Waals surface area (Å²) < 4.78 is 11.1. The fourth-order valence-electron chi connectivity index (χ4n) is 2.74. The Bertz CT molecular complexity index is 642. The first-order valence-electron chi connectivity index (χ1n) is 7.51. The van der Waals surface area contributed by atoms with Crippen molar-refractivity contribution in [2.24, 2.45) is 0 Å². The molecule has 22 heavy (non-hydrogen) atoms. The first-order valence-corrected chi connectivity index (χ1v) is 7.51. The highest BCUT2D eigenvalue weighted by atomic mass is 16.5. The van der Waals surface area contributed by atoms with E-state index >= 15 is 0 Å². The van der Waals surface area contributed by atoms with Crippen molar-refractivity contribution in [3.63, 3.8) is 0 Å². The molecule has 4 heteroatoms. The number of carbonyl (C=O) groups excluding carboxylic acids is 1. The third-order valence-corrected chi connectivity index (χ3v) is 3.75. The molecular formula is C18H19NO3. The quantitative estimate of drug-likeness (QED) is 0.931. The van der Waals surface area contributed by atoms with Crippen molar-refractivity contribution >= 4 is 6.09 Å². The Morgan fingerprint density at radius 1 is 1.18 bits per heavy atom. The number of fused-ring (bicyclic) bond motifs is 1. The highest BCUT2D eigenvalue weighted by molar-refractivity contribution is 5.68. The van der Waals surface area contributed by atoms with Crippen LogP contribution in [0.5, 0.6) is 5.75 Å². The van der Waals surface area contributed by atoms with Gasteiger partial charge in [-0.1, -0.05) is 48.5 Å². The number of hydrogen-bond donors (Lipinski definition) is 1. The summed E-state index contributed by atoms with van der Waals surface area (Å²) >= 11 is 0. The predicted octanol–water partition coefficient (Wildman–Crippen LogP) is 4.00. The third-order valence-electron chi connectivity index (χ3n) is 3.75. The van der Waals surface area contributed by atoms with E-state index in [1.807, 2.05) is 54.6 Å². The Kier molecular flexibility index (Phi) is 4.28. The molecule has 0 aromatic heterocycles. The van der Waals surface area contributed by atoms with Gasteiger partial charge in [-0.25, -0.2) is 4.79 Å². The minimum atomic E-state index is -0.393. The van der Waals surface area contributed by atoms with Crippen molar-refractivity contribution in [1.29, 1.82) is 0 Å². The monoisotopic (exact) mass is 297 g/mol. The lowest BCUT2D eigenvalue weighted by Crippen LogP contribution is -2.33. The van der Waals surface area contributed by atoms with Gasteiger partial charge in [0.15, 0.2) is 0 Å². The van der Waals surface area contributed by atoms with Gasteiger partial charge in [0.2, 0.25) is 0 Å². The summed E-state index contributed by atoms with van der Waals surface area (Å²) in [5.74, 6) is 0.810. The summed E-state index contributed by atoms with van der Waals surface area (Å²) in [6, 6.07) is 17.7. The minimum absolute atomic E-state index is 0.0805. The smallest absolute Gasteiger partial charge is 0.407 e. The molecule has 2 aromatic rings. The molecule has 0 bridgehead atoms. The molecule has 2 aromatic carbocycles. The van der Waals surface area contributed by atoms with Crippen molar-refractivity contribution in [2.45, 2.75) is 25.5 Å². The van der Waals surface area contributed by atoms with Crippen LogP contribution in [0.4, 0.5) is 4.79 Å². The van der Waals surface area contributed by atoms with Gasteiger partial charge >= 0.3 is 6.09 Å². The van der Waals surface area contributed by atoms with Crippen LogP contribution in [-0.4, -0.2) is 12.7 Å². The van der Waals surface area contributed by atoms with E-state index < -0.39 is 6.09 Å². The molecule has 4 nitrogen and oxygen atoms in total. The van der Waals surface area contributed by atoms with E-state index in [2.05, 4.69) is 5.32 Å². The Labute approximate surface area is 130 Å². The number of para-hydroxylation sites is 1. The van der Waals surface area contributed by atoms with Gasteiger partial charge in [-0.15, -0.1) is 0 Å². The molecule has 1 aliphatic rings. The lowest BCUT2D eigenvalue weighted by atomic mass is 9.93. The van der Waals surface area contributed by atoms with Gasteiger partial charge in [0.1, 0.15) is 11.9 Å². The predicted molar refractivity (Wildman–Crippen MR) is 83.8 cm³/mol. The second-order valence-electron chi connectivity index (χ2n) is 5.21. The second-order valence-corrected chi connectivity index (χ2v) is 5.21. The number of carbonyl (C=O) groups is 1. The van der Waals surface area contributed by atoms with Crippen LogP contribution < -0.4 is 10.1 Å². The summed E-state index contributed by atoms with van der Waals surface area (Å²) in [4.78, 5) is 11.8. The minimum Gasteiger partial charge on any atom is -0.485 e. The zero-order valence-corrected chi connectivity index (χ0v) is 12.5. The van der Waals surface area contributed by atoms with E-state index in [-0.39, 0.29) is 12.1 Å². The van der Waals surface area contributed by atoms with Crippen molar-refractivity contribution in [3.05, 3.63) is 65.7 Å². The largest absolute Gasteiger partial charge is 0.485 e. The summed E-state index contributed by atoms with van der Waals surface area (Å²) in [7, 11) is 0. The number of rotatable bonds is 3. The van der Waals surface area contributed by atoms with Gasteiger partial charge < -0.3 is 14.8 Å². The highest BCUT2D eigenvalue weighted by Gasteiger charge is 2.30. The number of hydrogen-bond acceptors (Lipinski definition) is 3. The summed E-state index contributed by atoms with van der Waals surface area (Å²) in [6.07, 6.45) is 0.207. The van der Waals surface area contributed by atoms with Gasteiger partial charge in [-0.05, 0) is 18.6 Å². The van der Waals surface area contributed by atoms with Gasteiger partial charge in [-0.3, -0.25) is 0 Å². The maximum Gasteiger partial charge on any atom is 0.407 e. The Morgan fingerprint density at radius 3 is 2.68 bits per heavy atom. The number of alkyl carbamates (subject to hydrolysis) is 1. The average Bonchev–Trinajstić information content (AvgIpc) is 2.56. The molecule has 2 unspecified atom stereocenters. The zero-order chi connectivity index (χ0) is 15.4. The first-order chi connectivity index (χ1) is 10.8. The van der Waals surface area contributed by atoms with E-state index in [1.54, 1.807) is 6.92 Å². The van der Waals surface area contributed by atoms with Gasteiger partial charge in [0.05, 0.1) is 12.6 Å². The molecule has 0 saturated carbocycles. The number of amides is 1. The maximum absolute atomic E-state index is 11.8. The Hall–Kier alpha value is -2.49. The SMILES string of the molecule is CCOC(=O)NC1CC(c2ccccc2)Oc2ccccc21. The summed E-state index contributed by atoms with van der Waals surface area (Å²) in [5, 5.41) is 2.93. The van der Waals surface area contributed by atoms with Crippen LogP contribution in [0.2, 0.25) is 0 Å². The van der Waals surface area contributed by atoms with E-state index in [1.165, 1.54) is 0 Å². The van der Waals surface area contributed by atoms with Crippen LogP contribution in [0.25, 0.3) is 0 Å². The molecule has 0 saturated heterocycles. The van der Waals surface area contributed by atoms with Gasteiger partial charge in [0, 0.05) is 12.0 Å². The molecule has 1 amide bonds. The molecule has 1 N–H and O–H groups in total. The fourth-order valence-corrected chi connectivity index (χ4v) is 2.74. The lowest BCUT2D eigenvalue weighted by Gasteiger charge is -2.32. The van der Waals surface area contributed by atoms with E-state index in [0.717, 1.165) is 16.9 Å². The molecule has 0 fully saturated rings. The van der Waals surface area contributed by atoms with Crippen LogP contribution in [-0.2, 0) is 4.74 Å². The van der Waals surface area contributed by atoms with Crippen molar-refractivity contribution in [2.75, 3.05) is 6.61 Å². The van der Waals surface area contributed by atoms with E-state index in [9.17, 15) is 4.79 Å². The molecule has 0 radical (unpaired) electrons. The van der Waals surface area contributed by atoms with E-state index in [0.29, 0.717) is 13.0 Å². The van der Waals surface area contributed by atoms with Gasteiger partial charge in [-0.2, -0.15) is 0 Å². The Morgan fingerprint density at radius 2 is 1.91 bits per heavy atom. The molecule has 2 atom stereocenters. The standard InChI is InChI=1S/C18H19NO3/c1-2-21-18(20)19-15-12-17(13-8-4-3-5-9-13)22-16-11-7-6-10-14(15)16/h3-11,15,17H,2,12H2,1H3,(H,19,20). The topological polar surface area (TPSA) is 47.6 Å². The van der Waals surface area contributed by atoms with Crippen LogP contribution in [0.1, 0.15) is 36.6 Å². The van der Waals surface area contributed by atoms with Crippen LogP contribution >= 0.6 is 0 Å². The number of ether oxygens (including phenoxy) is 2. The lowest BCUT2D eigenvalue weighted by molar-refractivity contribution is 0.127. The molecular weight excluding hydrogens is 278 g/mol. The second kappa shape index (κ2) is 6.52.